The highest BCUT2D eigenvalue weighted by atomic mass is 32.1. The quantitative estimate of drug-likeness (QED) is 0.599. The van der Waals surface area contributed by atoms with Crippen LogP contribution in [0.1, 0.15) is 23.2 Å². The van der Waals surface area contributed by atoms with Crippen molar-refractivity contribution in [2.75, 3.05) is 26.0 Å². The molecule has 0 spiro atoms. The number of carbonyl (C=O) groups is 1. The van der Waals surface area contributed by atoms with Gasteiger partial charge in [-0.1, -0.05) is 12.1 Å². The topological polar surface area (TPSA) is 78.8 Å². The van der Waals surface area contributed by atoms with Crippen LogP contribution in [0.4, 0.5) is 10.5 Å². The summed E-state index contributed by atoms with van der Waals surface area (Å²) in [5, 5.41) is 9.07. The number of anilines is 1. The Morgan fingerprint density at radius 2 is 2.08 bits per heavy atom. The molecule has 0 aliphatic heterocycles. The molecule has 2 N–H and O–H groups in total. The van der Waals surface area contributed by atoms with E-state index in [0.29, 0.717) is 18.8 Å². The summed E-state index contributed by atoms with van der Waals surface area (Å²) in [6.07, 6.45) is -0.482. The number of hydrogen-bond acceptors (Lipinski definition) is 5. The summed E-state index contributed by atoms with van der Waals surface area (Å²) in [7, 11) is 3.34. The molecular formula is C18H25N5O2S. The number of thiazole rings is 1. The molecule has 140 valence electrons. The lowest BCUT2D eigenvalue weighted by atomic mass is 10.2. The van der Waals surface area contributed by atoms with Gasteiger partial charge in [-0.3, -0.25) is 5.32 Å². The molecule has 1 heterocycles. The molecule has 0 bridgehead atoms. The van der Waals surface area contributed by atoms with Crippen LogP contribution in [0.15, 0.2) is 34.6 Å². The molecule has 8 heteroatoms. The average Bonchev–Trinajstić information content (AvgIpc) is 3.04. The van der Waals surface area contributed by atoms with Crippen LogP contribution in [0.3, 0.4) is 0 Å². The zero-order chi connectivity index (χ0) is 18.9. The molecule has 0 saturated heterocycles. The molecule has 26 heavy (non-hydrogen) atoms. The number of aliphatic imine (C=N–C) groups is 1. The third kappa shape index (κ3) is 6.03. The third-order valence-corrected chi connectivity index (χ3v) is 4.38. The molecule has 1 amide bonds. The first-order chi connectivity index (χ1) is 12.5. The van der Waals surface area contributed by atoms with Crippen LogP contribution in [-0.4, -0.2) is 42.6 Å². The van der Waals surface area contributed by atoms with Gasteiger partial charge in [-0.2, -0.15) is 0 Å². The van der Waals surface area contributed by atoms with Crippen LogP contribution in [0.25, 0.3) is 0 Å². The SMILES string of the molecule is CCNC(=NCc1ccc(NC(=O)OC)cc1)N(C)Cc1csc(C)n1. The van der Waals surface area contributed by atoms with Crippen molar-refractivity contribution in [1.29, 1.82) is 0 Å². The Bertz CT molecular complexity index is 742. The number of ether oxygens (including phenoxy) is 1. The number of methoxy groups -OCH3 is 1. The van der Waals surface area contributed by atoms with Gasteiger partial charge in [0.15, 0.2) is 5.96 Å². The maximum atomic E-state index is 11.2. The van der Waals surface area contributed by atoms with E-state index in [-0.39, 0.29) is 0 Å². The highest BCUT2D eigenvalue weighted by molar-refractivity contribution is 7.09. The van der Waals surface area contributed by atoms with Crippen molar-refractivity contribution < 1.29 is 9.53 Å². The number of carbonyl (C=O) groups excluding carboxylic acids is 1. The molecule has 7 nitrogen and oxygen atoms in total. The van der Waals surface area contributed by atoms with Gasteiger partial charge in [0.25, 0.3) is 0 Å². The Morgan fingerprint density at radius 1 is 1.35 bits per heavy atom. The predicted molar refractivity (Wildman–Crippen MR) is 106 cm³/mol. The van der Waals surface area contributed by atoms with Crippen molar-refractivity contribution in [3.8, 4) is 0 Å². The summed E-state index contributed by atoms with van der Waals surface area (Å²) in [5.74, 6) is 0.829. The lowest BCUT2D eigenvalue weighted by Crippen LogP contribution is -2.38. The minimum absolute atomic E-state index is 0.482. The van der Waals surface area contributed by atoms with E-state index in [9.17, 15) is 4.79 Å². The number of aryl methyl sites for hydroxylation is 1. The van der Waals surface area contributed by atoms with Gasteiger partial charge < -0.3 is 15.0 Å². The number of guanidine groups is 1. The number of rotatable bonds is 6. The van der Waals surface area contributed by atoms with Crippen molar-refractivity contribution >= 4 is 29.1 Å². The first kappa shape index (κ1) is 19.7. The fourth-order valence-corrected chi connectivity index (χ4v) is 2.90. The van der Waals surface area contributed by atoms with E-state index >= 15 is 0 Å². The summed E-state index contributed by atoms with van der Waals surface area (Å²) < 4.78 is 4.58. The molecule has 0 fully saturated rings. The smallest absolute Gasteiger partial charge is 0.411 e. The van der Waals surface area contributed by atoms with E-state index in [0.717, 1.165) is 28.8 Å². The fourth-order valence-electron chi connectivity index (χ4n) is 2.30. The van der Waals surface area contributed by atoms with Crippen LogP contribution in [0.2, 0.25) is 0 Å². The van der Waals surface area contributed by atoms with E-state index in [1.807, 2.05) is 45.2 Å². The second kappa shape index (κ2) is 9.76. The summed E-state index contributed by atoms with van der Waals surface area (Å²) >= 11 is 1.65. The molecule has 1 aromatic carbocycles. The van der Waals surface area contributed by atoms with Crippen molar-refractivity contribution in [2.45, 2.75) is 26.9 Å². The van der Waals surface area contributed by atoms with Crippen LogP contribution in [0.5, 0.6) is 0 Å². The molecule has 1 aromatic heterocycles. The molecule has 2 aromatic rings. The zero-order valence-corrected chi connectivity index (χ0v) is 16.4. The first-order valence-corrected chi connectivity index (χ1v) is 9.24. The van der Waals surface area contributed by atoms with E-state index in [1.54, 1.807) is 11.3 Å². The van der Waals surface area contributed by atoms with Gasteiger partial charge in [0, 0.05) is 24.7 Å². The summed E-state index contributed by atoms with van der Waals surface area (Å²) in [5.41, 5.74) is 2.78. The monoisotopic (exact) mass is 375 g/mol. The van der Waals surface area contributed by atoms with Crippen LogP contribution < -0.4 is 10.6 Å². The number of nitrogens with one attached hydrogen (secondary N) is 2. The van der Waals surface area contributed by atoms with Gasteiger partial charge in [-0.25, -0.2) is 14.8 Å². The molecule has 0 atom stereocenters. The van der Waals surface area contributed by atoms with Crippen LogP contribution >= 0.6 is 11.3 Å². The van der Waals surface area contributed by atoms with E-state index in [2.05, 4.69) is 35.6 Å². The Balaban J connectivity index is 2.00. The summed E-state index contributed by atoms with van der Waals surface area (Å²) in [4.78, 5) is 22.5. The second-order valence-electron chi connectivity index (χ2n) is 5.70. The van der Waals surface area contributed by atoms with Crippen LogP contribution in [0, 0.1) is 6.92 Å². The Morgan fingerprint density at radius 3 is 2.65 bits per heavy atom. The van der Waals surface area contributed by atoms with Gasteiger partial charge in [-0.15, -0.1) is 11.3 Å². The highest BCUT2D eigenvalue weighted by Gasteiger charge is 2.08. The largest absolute Gasteiger partial charge is 0.453 e. The third-order valence-electron chi connectivity index (χ3n) is 3.56. The molecule has 0 unspecified atom stereocenters. The lowest BCUT2D eigenvalue weighted by molar-refractivity contribution is 0.187. The normalized spacial score (nSPS) is 11.2. The Labute approximate surface area is 158 Å². The number of amides is 1. The maximum Gasteiger partial charge on any atom is 0.411 e. The molecule has 0 aliphatic carbocycles. The first-order valence-electron chi connectivity index (χ1n) is 8.36. The minimum atomic E-state index is -0.482. The van der Waals surface area contributed by atoms with Gasteiger partial charge in [0.2, 0.25) is 0 Å². The van der Waals surface area contributed by atoms with E-state index in [4.69, 9.17) is 0 Å². The van der Waals surface area contributed by atoms with Gasteiger partial charge in [0.1, 0.15) is 0 Å². The standard InChI is InChI=1S/C18H25N5O2S/c1-5-19-17(23(3)11-16-12-26-13(2)21-16)20-10-14-6-8-15(9-7-14)22-18(24)25-4/h6-9,12H,5,10-11H2,1-4H3,(H,19,20)(H,22,24). The summed E-state index contributed by atoms with van der Waals surface area (Å²) in [6, 6.07) is 7.52. The molecule has 0 radical (unpaired) electrons. The van der Waals surface area contributed by atoms with Crippen molar-refractivity contribution in [1.82, 2.24) is 15.2 Å². The van der Waals surface area contributed by atoms with Crippen molar-refractivity contribution in [3.63, 3.8) is 0 Å². The Hall–Kier alpha value is -2.61. The average molecular weight is 375 g/mol. The fraction of sp³-hybridized carbons (Fsp3) is 0.389. The minimum Gasteiger partial charge on any atom is -0.453 e. The van der Waals surface area contributed by atoms with E-state index in [1.165, 1.54) is 7.11 Å². The molecule has 0 saturated carbocycles. The second-order valence-corrected chi connectivity index (χ2v) is 6.76. The van der Waals surface area contributed by atoms with E-state index < -0.39 is 6.09 Å². The van der Waals surface area contributed by atoms with Crippen molar-refractivity contribution in [3.05, 3.63) is 45.9 Å². The lowest BCUT2D eigenvalue weighted by Gasteiger charge is -2.21. The number of hydrogen-bond donors (Lipinski definition) is 2. The highest BCUT2D eigenvalue weighted by Crippen LogP contribution is 2.12. The number of aromatic nitrogens is 1. The number of benzene rings is 1. The van der Waals surface area contributed by atoms with Crippen LogP contribution in [-0.2, 0) is 17.8 Å². The van der Waals surface area contributed by atoms with Gasteiger partial charge in [0.05, 0.1) is 30.9 Å². The molecule has 2 rings (SSSR count). The Kier molecular flexibility index (Phi) is 7.40. The maximum absolute atomic E-state index is 11.2. The predicted octanol–water partition coefficient (Wildman–Crippen LogP) is 3.23. The summed E-state index contributed by atoms with van der Waals surface area (Å²) in [6.45, 7) is 6.09. The van der Waals surface area contributed by atoms with Gasteiger partial charge in [-0.05, 0) is 31.5 Å². The number of nitrogens with zero attached hydrogens (tertiary/aromatic N) is 3. The molecular weight excluding hydrogens is 350 g/mol. The van der Waals surface area contributed by atoms with Gasteiger partial charge >= 0.3 is 6.09 Å². The molecule has 0 aliphatic rings. The van der Waals surface area contributed by atoms with Crippen molar-refractivity contribution in [2.24, 2.45) is 4.99 Å². The zero-order valence-electron chi connectivity index (χ0n) is 15.6.